The molecule has 97 heavy (non-hydrogen) atoms. The van der Waals surface area contributed by atoms with Crippen molar-refractivity contribution in [3.63, 3.8) is 0 Å². The van der Waals surface area contributed by atoms with Crippen molar-refractivity contribution in [3.05, 3.63) is 168 Å². The minimum atomic E-state index is -5.43. The van der Waals surface area contributed by atoms with E-state index in [1.54, 1.807) is 24.3 Å². The molecule has 6 unspecified atom stereocenters. The summed E-state index contributed by atoms with van der Waals surface area (Å²) in [6, 6.07) is 10.5. The van der Waals surface area contributed by atoms with E-state index in [0.717, 1.165) is 38.0 Å². The fraction of sp³-hybridized carbons (Fsp3) is 0.288. The number of ketones is 3. The highest BCUT2D eigenvalue weighted by molar-refractivity contribution is 5.87. The van der Waals surface area contributed by atoms with Crippen molar-refractivity contribution in [2.45, 2.75) is 108 Å². The van der Waals surface area contributed by atoms with Gasteiger partial charge in [0.05, 0.1) is 96.6 Å². The number of carbonyl (C=O) groups is 3. The SMILES string of the molecule is Nc1cc(C(F)(F)F)c(C(F)(F)F)cc1N.[C-]#[N+]C(C(C)=O)c1nc(C(C#N)C(C)=O)nc(C(C#N)C(C)=O)n1.[C-]#[N+]C(c1nc(C(C#N)c2nc3cc(C)c(C)cc3[nH]2)nc(C(C#N)c2nc3cc(C(F)(F)F)c(C(F)(F)F)cc3[nH]2)n1)c1nc2cc(C(F)(F)F)c(C)cc2[nH]1. The summed E-state index contributed by atoms with van der Waals surface area (Å²) in [6.45, 7) is 23.5. The maximum atomic E-state index is 13.7. The van der Waals surface area contributed by atoms with E-state index in [1.165, 1.54) is 13.0 Å². The third kappa shape index (κ3) is 15.6. The van der Waals surface area contributed by atoms with Gasteiger partial charge in [-0.15, -0.1) is 0 Å². The maximum absolute atomic E-state index is 13.7. The number of fused-ring (bicyclic) bond motifs is 3. The van der Waals surface area contributed by atoms with E-state index in [0.29, 0.717) is 11.0 Å². The smallest absolute Gasteiger partial charge is 0.397 e. The van der Waals surface area contributed by atoms with Crippen LogP contribution in [0.15, 0.2) is 48.5 Å². The number of aryl methyl sites for hydroxylation is 3. The van der Waals surface area contributed by atoms with E-state index in [4.69, 9.17) is 35.1 Å². The molecule has 0 amide bonds. The number of rotatable bonds is 12. The summed E-state index contributed by atoms with van der Waals surface area (Å²) in [5.74, 6) is -10.6. The summed E-state index contributed by atoms with van der Waals surface area (Å²) in [7, 11) is 0. The van der Waals surface area contributed by atoms with E-state index in [9.17, 15) is 90.8 Å². The van der Waals surface area contributed by atoms with Crippen LogP contribution in [0.2, 0.25) is 0 Å². The zero-order chi connectivity index (χ0) is 72.5. The van der Waals surface area contributed by atoms with Crippen LogP contribution in [0.1, 0.15) is 153 Å². The van der Waals surface area contributed by atoms with Crippen LogP contribution in [0.4, 0.5) is 77.2 Å². The molecule has 0 aliphatic heterocycles. The topological polar surface area (TPSA) is 371 Å². The first-order valence-corrected chi connectivity index (χ1v) is 26.9. The minimum absolute atomic E-state index is 0.0236. The lowest BCUT2D eigenvalue weighted by Gasteiger charge is -2.16. The van der Waals surface area contributed by atoms with E-state index in [-0.39, 0.29) is 75.8 Å². The molecule has 0 fully saturated rings. The zero-order valence-corrected chi connectivity index (χ0v) is 49.8. The number of aromatic amines is 3. The van der Waals surface area contributed by atoms with Crippen LogP contribution in [-0.2, 0) is 45.3 Å². The number of H-pyrrole nitrogens is 3. The standard InChI is InChI=1S/C36H21F9N12.C15H12N6O3.C8H6F6N2/c1-13-5-21-22(6-14(13)2)50-28(49-21)16(11-46)30-55-31(17(12-47)29-51-25-9-19(35(40,41)42)20(36(43,44)45)10-26(25)52-29)57-33(56-30)27(48-4)32-53-23-7-15(3)18(34(37,38)39)8-24(23)54-32;1-7(22)10(5-16)13-19-14(11(6-17)8(2)23)21-15(20-13)12(18-4)9(3)24;9-7(10,11)3-1-5(15)6(16)2-4(3)8(12,13)14/h5-10,16-17,27H,1-3H3,(H,49,50)(H,51,52)(H,53,54);10-12H,1-3H3;1-2H,15-16H2. The van der Waals surface area contributed by atoms with E-state index in [2.05, 4.69) is 69.5 Å². The number of nitrogens with two attached hydrogens (primary N) is 2. The Morgan fingerprint density at radius 2 is 0.742 bits per heavy atom. The van der Waals surface area contributed by atoms with Gasteiger partial charge in [0.15, 0.2) is 64.4 Å². The molecule has 4 aromatic carbocycles. The lowest BCUT2D eigenvalue weighted by molar-refractivity contribution is -0.162. The van der Waals surface area contributed by atoms with Crippen LogP contribution in [0, 0.1) is 79.2 Å². The number of nitrogens with zero attached hydrogens (tertiary/aromatic N) is 15. The summed E-state index contributed by atoms with van der Waals surface area (Å²) in [4.78, 5) is 86.8. The Bertz CT molecular complexity index is 4660. The van der Waals surface area contributed by atoms with Gasteiger partial charge in [-0.05, 0) is 99.8 Å². The quantitative estimate of drug-likeness (QED) is 0.0431. The van der Waals surface area contributed by atoms with Crippen molar-refractivity contribution in [1.29, 1.82) is 21.0 Å². The first-order chi connectivity index (χ1) is 45.0. The van der Waals surface area contributed by atoms with Crippen LogP contribution < -0.4 is 11.5 Å². The number of benzene rings is 4. The van der Waals surface area contributed by atoms with Gasteiger partial charge in [-0.2, -0.15) is 86.9 Å². The highest BCUT2D eigenvalue weighted by Crippen LogP contribution is 2.45. The van der Waals surface area contributed by atoms with Crippen molar-refractivity contribution in [2.75, 3.05) is 11.5 Å². The number of Topliss-reactive ketones (excluding diaryl/α,β-unsaturated/α-hetero) is 3. The normalized spacial score (nSPS) is 13.7. The van der Waals surface area contributed by atoms with Gasteiger partial charge in [0.2, 0.25) is 17.4 Å². The number of alkyl halides is 15. The number of imidazole rings is 3. The number of hydrogen-bond acceptors (Lipinski definition) is 18. The first-order valence-electron chi connectivity index (χ1n) is 26.9. The summed E-state index contributed by atoms with van der Waals surface area (Å²) in [5.41, 5.74) is 1.80. The molecule has 0 saturated heterocycles. The van der Waals surface area contributed by atoms with Crippen LogP contribution in [0.3, 0.4) is 0 Å². The molecule has 0 aliphatic rings. The summed E-state index contributed by atoms with van der Waals surface area (Å²) >= 11 is 0. The highest BCUT2D eigenvalue weighted by atomic mass is 19.4. The van der Waals surface area contributed by atoms with Gasteiger partial charge in [-0.1, -0.05) is 0 Å². The van der Waals surface area contributed by atoms with Gasteiger partial charge in [0.1, 0.15) is 11.6 Å². The molecule has 7 N–H and O–H groups in total. The van der Waals surface area contributed by atoms with Crippen LogP contribution >= 0.6 is 0 Å². The Labute approximate surface area is 533 Å². The second-order valence-electron chi connectivity index (χ2n) is 20.9. The Kier molecular flexibility index (Phi) is 20.1. The third-order valence-corrected chi connectivity index (χ3v) is 14.0. The molecule has 6 atom stereocenters. The number of nitriles is 4. The zero-order valence-electron chi connectivity index (χ0n) is 49.8. The van der Waals surface area contributed by atoms with Crippen molar-refractivity contribution in [3.8, 4) is 24.3 Å². The average molecular weight is 1360 g/mol. The fourth-order valence-corrected chi connectivity index (χ4v) is 9.16. The molecule has 0 saturated carbocycles. The number of halogens is 15. The number of aromatic nitrogens is 12. The lowest BCUT2D eigenvalue weighted by atomic mass is 10.0. The van der Waals surface area contributed by atoms with E-state index in [1.807, 2.05) is 26.0 Å². The Morgan fingerprint density at radius 3 is 1.12 bits per heavy atom. The molecule has 5 heterocycles. The molecule has 498 valence electrons. The van der Waals surface area contributed by atoms with Crippen LogP contribution in [-0.4, -0.2) is 77.2 Å². The minimum Gasteiger partial charge on any atom is -0.397 e. The van der Waals surface area contributed by atoms with Gasteiger partial charge in [-0.3, -0.25) is 24.1 Å². The van der Waals surface area contributed by atoms with Crippen LogP contribution in [0.5, 0.6) is 0 Å². The molecule has 5 aromatic heterocycles. The molecule has 0 aliphatic carbocycles. The largest absolute Gasteiger partial charge is 0.417 e. The third-order valence-electron chi connectivity index (χ3n) is 14.0. The Morgan fingerprint density at radius 1 is 0.412 bits per heavy atom. The van der Waals surface area contributed by atoms with Gasteiger partial charge < -0.3 is 26.4 Å². The molecule has 0 bridgehead atoms. The van der Waals surface area contributed by atoms with Crippen molar-refractivity contribution < 1.29 is 80.2 Å². The van der Waals surface area contributed by atoms with E-state index >= 15 is 0 Å². The van der Waals surface area contributed by atoms with Crippen molar-refractivity contribution in [1.82, 2.24) is 59.8 Å². The fourth-order valence-electron chi connectivity index (χ4n) is 9.16. The average Bonchev–Trinajstić information content (AvgIpc) is 1.75. The van der Waals surface area contributed by atoms with Crippen molar-refractivity contribution >= 4 is 61.8 Å². The lowest BCUT2D eigenvalue weighted by Crippen LogP contribution is -2.21. The number of carbonyl (C=O) groups excluding carboxylic acids is 3. The van der Waals surface area contributed by atoms with Crippen molar-refractivity contribution in [2.24, 2.45) is 0 Å². The van der Waals surface area contributed by atoms with E-state index < -0.39 is 152 Å². The summed E-state index contributed by atoms with van der Waals surface area (Å²) < 4.78 is 197. The molecule has 9 aromatic rings. The molecule has 23 nitrogen and oxygen atoms in total. The predicted molar refractivity (Wildman–Crippen MR) is 304 cm³/mol. The second kappa shape index (κ2) is 27.0. The number of nitrogen functional groups attached to an aromatic ring is 2. The number of hydrogen-bond donors (Lipinski definition) is 5. The maximum Gasteiger partial charge on any atom is 0.417 e. The summed E-state index contributed by atoms with van der Waals surface area (Å²) in [5, 5.41) is 39.0. The Hall–Kier alpha value is -12.2. The Balaban J connectivity index is 0.000000271. The second-order valence-corrected chi connectivity index (χ2v) is 20.9. The predicted octanol–water partition coefficient (Wildman–Crippen LogP) is 12.5. The van der Waals surface area contributed by atoms with Gasteiger partial charge in [0, 0.05) is 6.92 Å². The molecule has 38 heteroatoms. The molecule has 0 radical (unpaired) electrons. The monoisotopic (exact) mass is 1360 g/mol. The van der Waals surface area contributed by atoms with Gasteiger partial charge >= 0.3 is 43.0 Å². The summed E-state index contributed by atoms with van der Waals surface area (Å²) in [6.07, 6.45) is -25.8. The van der Waals surface area contributed by atoms with Gasteiger partial charge in [-0.25, -0.2) is 58.0 Å². The first kappa shape index (κ1) is 72.2. The molecular weight excluding hydrogens is 1320 g/mol. The molecular formula is C59H39F15N20O3. The van der Waals surface area contributed by atoms with Crippen LogP contribution in [0.25, 0.3) is 42.8 Å². The number of anilines is 2. The highest BCUT2D eigenvalue weighted by Gasteiger charge is 2.46. The molecule has 9 rings (SSSR count). The molecule has 0 spiro atoms. The van der Waals surface area contributed by atoms with Gasteiger partial charge in [0.25, 0.3) is 0 Å². The number of nitrogens with one attached hydrogen (secondary N) is 3.